The van der Waals surface area contributed by atoms with E-state index in [-0.39, 0.29) is 12.4 Å². The highest BCUT2D eigenvalue weighted by molar-refractivity contribution is 5.85. The molecule has 22 heavy (non-hydrogen) atoms. The Labute approximate surface area is 139 Å². The number of nitrogens with zero attached hydrogens (tertiary/aromatic N) is 1. The van der Waals surface area contributed by atoms with E-state index in [1.165, 1.54) is 23.1 Å². The van der Waals surface area contributed by atoms with Crippen LogP contribution in [0.25, 0.3) is 11.1 Å². The minimum Gasteiger partial charge on any atom is -0.330 e. The number of hydrogen-bond donors (Lipinski definition) is 1. The van der Waals surface area contributed by atoms with Crippen LogP contribution in [-0.4, -0.2) is 24.0 Å². The molecule has 0 amide bonds. The third-order valence-electron chi connectivity index (χ3n) is 4.57. The predicted molar refractivity (Wildman–Crippen MR) is 96.2 cm³/mol. The van der Waals surface area contributed by atoms with Crippen LogP contribution in [0.5, 0.6) is 0 Å². The van der Waals surface area contributed by atoms with E-state index in [1.54, 1.807) is 0 Å². The topological polar surface area (TPSA) is 29.3 Å². The molecule has 1 fully saturated rings. The van der Waals surface area contributed by atoms with Gasteiger partial charge in [-0.05, 0) is 42.5 Å². The van der Waals surface area contributed by atoms with E-state index in [0.29, 0.717) is 12.0 Å². The molecule has 0 saturated carbocycles. The fraction of sp³-hybridized carbons (Fsp3) is 0.368. The molecule has 1 heterocycles. The van der Waals surface area contributed by atoms with Crippen molar-refractivity contribution < 1.29 is 0 Å². The molecule has 1 aliphatic rings. The number of halogens is 1. The number of benzene rings is 2. The van der Waals surface area contributed by atoms with Gasteiger partial charge in [-0.2, -0.15) is 0 Å². The Balaban J connectivity index is 0.00000176. The monoisotopic (exact) mass is 316 g/mol. The molecule has 2 nitrogen and oxygen atoms in total. The molecule has 1 saturated heterocycles. The second-order valence-electron chi connectivity index (χ2n) is 6.18. The molecule has 3 rings (SSSR count). The average molecular weight is 317 g/mol. The first-order chi connectivity index (χ1) is 10.3. The van der Waals surface area contributed by atoms with E-state index >= 15 is 0 Å². The van der Waals surface area contributed by atoms with Crippen molar-refractivity contribution in [3.8, 4) is 11.1 Å². The summed E-state index contributed by atoms with van der Waals surface area (Å²) in [6.45, 7) is 5.30. The van der Waals surface area contributed by atoms with Crippen molar-refractivity contribution in [3.63, 3.8) is 0 Å². The molecule has 2 aromatic rings. The van der Waals surface area contributed by atoms with Crippen molar-refractivity contribution in [3.05, 3.63) is 60.2 Å². The van der Waals surface area contributed by atoms with Crippen molar-refractivity contribution in [2.75, 3.05) is 13.1 Å². The number of hydrogen-bond acceptors (Lipinski definition) is 2. The summed E-state index contributed by atoms with van der Waals surface area (Å²) in [4.78, 5) is 2.55. The largest absolute Gasteiger partial charge is 0.330 e. The highest BCUT2D eigenvalue weighted by Crippen LogP contribution is 2.25. The Morgan fingerprint density at radius 2 is 1.64 bits per heavy atom. The first-order valence-electron chi connectivity index (χ1n) is 7.84. The Morgan fingerprint density at radius 3 is 2.23 bits per heavy atom. The zero-order valence-corrected chi connectivity index (χ0v) is 13.9. The first-order valence-corrected chi connectivity index (χ1v) is 7.84. The Morgan fingerprint density at radius 1 is 1.00 bits per heavy atom. The number of rotatable bonds is 4. The summed E-state index contributed by atoms with van der Waals surface area (Å²) in [5.74, 6) is 0.670. The fourth-order valence-corrected chi connectivity index (χ4v) is 3.28. The number of likely N-dealkylation sites (tertiary alicyclic amines) is 1. The van der Waals surface area contributed by atoms with Gasteiger partial charge in [-0.1, -0.05) is 54.6 Å². The van der Waals surface area contributed by atoms with Gasteiger partial charge < -0.3 is 5.73 Å². The van der Waals surface area contributed by atoms with Gasteiger partial charge in [0.1, 0.15) is 0 Å². The molecule has 0 spiro atoms. The van der Waals surface area contributed by atoms with Gasteiger partial charge in [0.15, 0.2) is 0 Å². The molecule has 0 bridgehead atoms. The van der Waals surface area contributed by atoms with Crippen molar-refractivity contribution >= 4 is 12.4 Å². The van der Waals surface area contributed by atoms with Crippen molar-refractivity contribution in [2.45, 2.75) is 25.9 Å². The summed E-state index contributed by atoms with van der Waals surface area (Å²) in [6.07, 6.45) is 1.23. The summed E-state index contributed by atoms with van der Waals surface area (Å²) in [5.41, 5.74) is 9.76. The smallest absolute Gasteiger partial charge is 0.0236 e. The quantitative estimate of drug-likeness (QED) is 0.925. The Hall–Kier alpha value is -1.35. The molecule has 2 atom stereocenters. The Kier molecular flexibility index (Phi) is 6.01. The standard InChI is InChI=1S/C19H24N2.ClH/c1-15-11-17(12-20)14-21(15)13-16-7-9-19(10-8-16)18-5-3-2-4-6-18;/h2-10,15,17H,11-14,20H2,1H3;1H. The summed E-state index contributed by atoms with van der Waals surface area (Å²) < 4.78 is 0. The molecule has 0 aromatic heterocycles. The lowest BCUT2D eigenvalue weighted by atomic mass is 10.0. The molecule has 118 valence electrons. The van der Waals surface area contributed by atoms with Gasteiger partial charge in [0.05, 0.1) is 0 Å². The van der Waals surface area contributed by atoms with Gasteiger partial charge in [-0.15, -0.1) is 12.4 Å². The summed E-state index contributed by atoms with van der Waals surface area (Å²) in [7, 11) is 0. The van der Waals surface area contributed by atoms with Gasteiger partial charge in [-0.25, -0.2) is 0 Å². The van der Waals surface area contributed by atoms with Gasteiger partial charge in [0, 0.05) is 19.1 Å². The highest BCUT2D eigenvalue weighted by Gasteiger charge is 2.27. The van der Waals surface area contributed by atoms with E-state index in [9.17, 15) is 0 Å². The maximum absolute atomic E-state index is 5.81. The van der Waals surface area contributed by atoms with Crippen molar-refractivity contribution in [1.82, 2.24) is 4.90 Å². The zero-order chi connectivity index (χ0) is 14.7. The molecular formula is C19H25ClN2. The van der Waals surface area contributed by atoms with Gasteiger partial charge in [-0.3, -0.25) is 4.90 Å². The normalized spacial score (nSPS) is 21.5. The molecular weight excluding hydrogens is 292 g/mol. The molecule has 0 radical (unpaired) electrons. The molecule has 1 aliphatic heterocycles. The molecule has 3 heteroatoms. The van der Waals surface area contributed by atoms with Crippen LogP contribution in [0.4, 0.5) is 0 Å². The lowest BCUT2D eigenvalue weighted by molar-refractivity contribution is 0.256. The second kappa shape index (κ2) is 7.77. The van der Waals surface area contributed by atoms with Crippen molar-refractivity contribution in [2.24, 2.45) is 11.7 Å². The summed E-state index contributed by atoms with van der Waals surface area (Å²) in [5, 5.41) is 0. The maximum atomic E-state index is 5.81. The Bertz CT molecular complexity index is 568. The lowest BCUT2D eigenvalue weighted by Crippen LogP contribution is -2.27. The molecule has 2 aromatic carbocycles. The highest BCUT2D eigenvalue weighted by atomic mass is 35.5. The van der Waals surface area contributed by atoms with E-state index in [0.717, 1.165) is 19.6 Å². The van der Waals surface area contributed by atoms with Gasteiger partial charge >= 0.3 is 0 Å². The molecule has 2 unspecified atom stereocenters. The maximum Gasteiger partial charge on any atom is 0.0236 e. The first kappa shape index (κ1) is 17.0. The second-order valence-corrected chi connectivity index (χ2v) is 6.18. The SMILES string of the molecule is CC1CC(CN)CN1Cc1ccc(-c2ccccc2)cc1.Cl. The molecule has 0 aliphatic carbocycles. The number of nitrogens with two attached hydrogens (primary N) is 1. The molecule has 2 N–H and O–H groups in total. The van der Waals surface area contributed by atoms with Crippen molar-refractivity contribution in [1.29, 1.82) is 0 Å². The summed E-state index contributed by atoms with van der Waals surface area (Å²) >= 11 is 0. The lowest BCUT2D eigenvalue weighted by Gasteiger charge is -2.21. The van der Waals surface area contributed by atoms with Crippen LogP contribution in [-0.2, 0) is 6.54 Å². The minimum absolute atomic E-state index is 0. The van der Waals surface area contributed by atoms with E-state index < -0.39 is 0 Å². The zero-order valence-electron chi connectivity index (χ0n) is 13.1. The van der Waals surface area contributed by atoms with Crippen LogP contribution in [0, 0.1) is 5.92 Å². The third kappa shape index (κ3) is 3.89. The van der Waals surface area contributed by atoms with Gasteiger partial charge in [0.2, 0.25) is 0 Å². The van der Waals surface area contributed by atoms with Crippen LogP contribution < -0.4 is 5.73 Å². The van der Waals surface area contributed by atoms with Crippen LogP contribution >= 0.6 is 12.4 Å². The summed E-state index contributed by atoms with van der Waals surface area (Å²) in [6, 6.07) is 20.2. The predicted octanol–water partition coefficient (Wildman–Crippen LogP) is 3.94. The fourth-order valence-electron chi connectivity index (χ4n) is 3.28. The third-order valence-corrected chi connectivity index (χ3v) is 4.57. The van der Waals surface area contributed by atoms with Gasteiger partial charge in [0.25, 0.3) is 0 Å². The van der Waals surface area contributed by atoms with Crippen LogP contribution in [0.3, 0.4) is 0 Å². The van der Waals surface area contributed by atoms with E-state index in [4.69, 9.17) is 5.73 Å². The van der Waals surface area contributed by atoms with Crippen LogP contribution in [0.1, 0.15) is 18.9 Å². The van der Waals surface area contributed by atoms with E-state index in [2.05, 4.69) is 66.4 Å². The van der Waals surface area contributed by atoms with E-state index in [1.807, 2.05) is 0 Å². The average Bonchev–Trinajstić information content (AvgIpc) is 2.89. The van der Waals surface area contributed by atoms with Crippen LogP contribution in [0.15, 0.2) is 54.6 Å². The van der Waals surface area contributed by atoms with Crippen LogP contribution in [0.2, 0.25) is 0 Å². The minimum atomic E-state index is 0.